The lowest BCUT2D eigenvalue weighted by atomic mass is 9.72. The molecule has 2 aliphatic carbocycles. The van der Waals surface area contributed by atoms with E-state index in [0.717, 1.165) is 112 Å². The number of allylic oxidation sites excluding steroid dienone is 1. The standard InChI is InChI=1S/C48H57ClN6O5S/c1-32-25-41(14-16-44(32)51-29-33-5-12-39(59-4)13-6-33)61(57,58)53-47(56)42-15-11-38(27-45(42)60-40-26-35-18-20-50-46(35)52-30-40)55-23-21-54(22-24-55)31-36-17-19-48(2,3)28-43(36)34-7-9-37(49)10-8-34/h7-11,14-16,18,20,25-27,30,33,39,51H,5-6,12-13,17,19,21-24,28-29,31H2,1-4H3,(H,50,52)(H,53,56)/t33-,39-. The number of sulfonamides is 1. The normalized spacial score (nSPS) is 19.9. The van der Waals surface area contributed by atoms with Crippen LogP contribution >= 0.6 is 11.6 Å². The first-order valence-corrected chi connectivity index (χ1v) is 23.3. The molecule has 0 spiro atoms. The smallest absolute Gasteiger partial charge is 0.268 e. The molecule has 5 aromatic rings. The van der Waals surface area contributed by atoms with Gasteiger partial charge in [-0.25, -0.2) is 18.1 Å². The molecule has 0 unspecified atom stereocenters. The van der Waals surface area contributed by atoms with E-state index in [0.29, 0.717) is 23.4 Å². The summed E-state index contributed by atoms with van der Waals surface area (Å²) in [5.74, 6) is 0.418. The Balaban J connectivity index is 0.972. The molecule has 3 heterocycles. The van der Waals surface area contributed by atoms with Gasteiger partial charge in [0.05, 0.1) is 22.8 Å². The van der Waals surface area contributed by atoms with E-state index < -0.39 is 15.9 Å². The van der Waals surface area contributed by atoms with Gasteiger partial charge in [-0.05, 0) is 134 Å². The Morgan fingerprint density at radius 1 is 0.967 bits per heavy atom. The molecule has 1 saturated carbocycles. The van der Waals surface area contributed by atoms with E-state index in [1.165, 1.54) is 22.8 Å². The summed E-state index contributed by atoms with van der Waals surface area (Å²) in [6.45, 7) is 11.6. The van der Waals surface area contributed by atoms with Crippen LogP contribution in [0, 0.1) is 18.3 Å². The Kier molecular flexibility index (Phi) is 12.8. The third-order valence-corrected chi connectivity index (χ3v) is 14.4. The molecule has 3 aromatic carbocycles. The van der Waals surface area contributed by atoms with Gasteiger partial charge >= 0.3 is 0 Å². The van der Waals surface area contributed by atoms with Gasteiger partial charge in [0.2, 0.25) is 0 Å². The molecule has 2 fully saturated rings. The molecule has 3 N–H and O–H groups in total. The molecule has 13 heteroatoms. The molecular weight excluding hydrogens is 808 g/mol. The lowest BCUT2D eigenvalue weighted by Crippen LogP contribution is -2.47. The average molecular weight is 866 g/mol. The lowest BCUT2D eigenvalue weighted by Gasteiger charge is -2.39. The van der Waals surface area contributed by atoms with Gasteiger partial charge in [-0.3, -0.25) is 9.69 Å². The highest BCUT2D eigenvalue weighted by molar-refractivity contribution is 7.90. The van der Waals surface area contributed by atoms with Gasteiger partial charge in [-0.15, -0.1) is 0 Å². The number of benzene rings is 3. The number of amides is 1. The molecule has 0 bridgehead atoms. The number of methoxy groups -OCH3 is 1. The van der Waals surface area contributed by atoms with Crippen molar-refractivity contribution in [1.29, 1.82) is 0 Å². The van der Waals surface area contributed by atoms with Crippen molar-refractivity contribution in [3.05, 3.63) is 112 Å². The quantitative estimate of drug-likeness (QED) is 0.106. The number of ether oxygens (including phenoxy) is 2. The zero-order valence-corrected chi connectivity index (χ0v) is 37.2. The number of carbonyl (C=O) groups excluding carboxylic acids is 1. The Morgan fingerprint density at radius 2 is 1.74 bits per heavy atom. The molecule has 3 aliphatic rings. The van der Waals surface area contributed by atoms with Gasteiger partial charge in [0.15, 0.2) is 0 Å². The highest BCUT2D eigenvalue weighted by Gasteiger charge is 2.30. The van der Waals surface area contributed by atoms with Crippen LogP contribution in [0.3, 0.4) is 0 Å². The van der Waals surface area contributed by atoms with Gasteiger partial charge < -0.3 is 24.7 Å². The number of aryl methyl sites for hydroxylation is 1. The summed E-state index contributed by atoms with van der Waals surface area (Å²) in [6, 6.07) is 22.2. The van der Waals surface area contributed by atoms with Crippen LogP contribution in [0.1, 0.15) is 80.3 Å². The van der Waals surface area contributed by atoms with Crippen LogP contribution in [0.2, 0.25) is 5.02 Å². The number of hydrogen-bond donors (Lipinski definition) is 3. The van der Waals surface area contributed by atoms with Crippen molar-refractivity contribution in [2.45, 2.75) is 76.7 Å². The minimum absolute atomic E-state index is 0.0107. The van der Waals surface area contributed by atoms with Crippen LogP contribution in [0.25, 0.3) is 16.6 Å². The van der Waals surface area contributed by atoms with E-state index in [2.05, 4.69) is 55.8 Å². The molecule has 61 heavy (non-hydrogen) atoms. The maximum atomic E-state index is 14.0. The van der Waals surface area contributed by atoms with Gasteiger partial charge in [0, 0.05) is 80.4 Å². The fourth-order valence-corrected chi connectivity index (χ4v) is 10.2. The van der Waals surface area contributed by atoms with Crippen LogP contribution in [0.4, 0.5) is 11.4 Å². The largest absolute Gasteiger partial charge is 0.455 e. The summed E-state index contributed by atoms with van der Waals surface area (Å²) >= 11 is 6.25. The molecule has 1 aliphatic heterocycles. The Labute approximate surface area is 364 Å². The third kappa shape index (κ3) is 10.3. The number of fused-ring (bicyclic) bond motifs is 1. The highest BCUT2D eigenvalue weighted by atomic mass is 35.5. The molecule has 0 atom stereocenters. The molecule has 1 amide bonds. The molecule has 1 saturated heterocycles. The van der Waals surface area contributed by atoms with E-state index in [9.17, 15) is 13.2 Å². The number of piperazine rings is 1. The SMILES string of the molecule is CO[C@H]1CC[C@H](CNc2ccc(S(=O)(=O)NC(=O)c3ccc(N4CCN(CC5=C(c6ccc(Cl)cc6)CC(C)(C)CC5)CC4)cc3Oc3cnc4[nH]ccc4c3)cc2C)CC1. The van der Waals surface area contributed by atoms with Crippen LogP contribution in [0.5, 0.6) is 11.5 Å². The molecule has 2 aromatic heterocycles. The van der Waals surface area contributed by atoms with Crippen molar-refractivity contribution in [3.8, 4) is 11.5 Å². The number of anilines is 2. The van der Waals surface area contributed by atoms with Gasteiger partial charge in [-0.1, -0.05) is 43.2 Å². The first-order valence-electron chi connectivity index (χ1n) is 21.5. The van der Waals surface area contributed by atoms with E-state index >= 15 is 0 Å². The van der Waals surface area contributed by atoms with Crippen molar-refractivity contribution in [2.75, 3.05) is 56.6 Å². The van der Waals surface area contributed by atoms with Gasteiger partial charge in [0.25, 0.3) is 15.9 Å². The second-order valence-electron chi connectivity index (χ2n) is 17.7. The number of pyridine rings is 1. The lowest BCUT2D eigenvalue weighted by molar-refractivity contribution is 0.0585. The number of nitrogens with one attached hydrogen (secondary N) is 3. The highest BCUT2D eigenvalue weighted by Crippen LogP contribution is 2.43. The van der Waals surface area contributed by atoms with Crippen molar-refractivity contribution in [3.63, 3.8) is 0 Å². The predicted molar refractivity (Wildman–Crippen MR) is 244 cm³/mol. The summed E-state index contributed by atoms with van der Waals surface area (Å²) in [5, 5.41) is 5.10. The van der Waals surface area contributed by atoms with Crippen LogP contribution in [-0.2, 0) is 14.8 Å². The van der Waals surface area contributed by atoms with E-state index in [1.807, 2.05) is 43.3 Å². The maximum Gasteiger partial charge on any atom is 0.268 e. The molecule has 0 radical (unpaired) electrons. The summed E-state index contributed by atoms with van der Waals surface area (Å²) in [6.07, 6.45) is 11.3. The fourth-order valence-electron chi connectivity index (χ4n) is 9.04. The summed E-state index contributed by atoms with van der Waals surface area (Å²) in [7, 11) is -2.45. The van der Waals surface area contributed by atoms with Gasteiger partial charge in [-0.2, -0.15) is 0 Å². The minimum atomic E-state index is -4.22. The van der Waals surface area contributed by atoms with E-state index in [4.69, 9.17) is 21.1 Å². The minimum Gasteiger partial charge on any atom is -0.455 e. The number of H-pyrrole nitrogens is 1. The van der Waals surface area contributed by atoms with Crippen molar-refractivity contribution >= 4 is 55.5 Å². The fraction of sp³-hybridized carbons (Fsp3) is 0.417. The number of carbonyl (C=O) groups is 1. The second kappa shape index (κ2) is 18.2. The maximum absolute atomic E-state index is 14.0. The Bertz CT molecular complexity index is 2500. The van der Waals surface area contributed by atoms with Crippen molar-refractivity contribution < 1.29 is 22.7 Å². The zero-order valence-electron chi connectivity index (χ0n) is 35.6. The number of aromatic amines is 1. The van der Waals surface area contributed by atoms with Crippen LogP contribution in [-0.4, -0.2) is 81.7 Å². The first kappa shape index (κ1) is 42.8. The monoisotopic (exact) mass is 864 g/mol. The van der Waals surface area contributed by atoms with E-state index in [1.54, 1.807) is 37.7 Å². The molecular formula is C48H57ClN6O5S. The molecule has 11 nitrogen and oxygen atoms in total. The number of nitrogens with zero attached hydrogens (tertiary/aromatic N) is 3. The zero-order chi connectivity index (χ0) is 42.7. The Morgan fingerprint density at radius 3 is 2.48 bits per heavy atom. The van der Waals surface area contributed by atoms with Crippen LogP contribution in [0.15, 0.2) is 95.7 Å². The Hall–Kier alpha value is -4.88. The predicted octanol–water partition coefficient (Wildman–Crippen LogP) is 9.84. The first-order chi connectivity index (χ1) is 29.3. The van der Waals surface area contributed by atoms with Crippen LogP contribution < -0.4 is 19.7 Å². The summed E-state index contributed by atoms with van der Waals surface area (Å²) < 4.78 is 41.7. The second-order valence-corrected chi connectivity index (χ2v) is 19.9. The summed E-state index contributed by atoms with van der Waals surface area (Å²) in [5.41, 5.74) is 7.80. The molecule has 8 rings (SSSR count). The van der Waals surface area contributed by atoms with Crippen molar-refractivity contribution in [1.82, 2.24) is 19.6 Å². The number of aromatic nitrogens is 2. The summed E-state index contributed by atoms with van der Waals surface area (Å²) in [4.78, 5) is 26.3. The third-order valence-electron chi connectivity index (χ3n) is 12.8. The number of hydrogen-bond acceptors (Lipinski definition) is 9. The van der Waals surface area contributed by atoms with Gasteiger partial charge in [0.1, 0.15) is 17.1 Å². The average Bonchev–Trinajstić information content (AvgIpc) is 3.72. The number of rotatable bonds is 13. The van der Waals surface area contributed by atoms with E-state index in [-0.39, 0.29) is 21.6 Å². The molecule has 322 valence electrons. The number of halogens is 1. The van der Waals surface area contributed by atoms with Crippen molar-refractivity contribution in [2.24, 2.45) is 11.3 Å². The topological polar surface area (TPSA) is 129 Å².